The van der Waals surface area contributed by atoms with Gasteiger partial charge in [0.15, 0.2) is 0 Å². The van der Waals surface area contributed by atoms with E-state index in [9.17, 15) is 4.79 Å². The zero-order valence-electron chi connectivity index (χ0n) is 12.6. The van der Waals surface area contributed by atoms with Crippen molar-refractivity contribution in [1.82, 2.24) is 10.2 Å². The molecule has 1 N–H and O–H groups in total. The fourth-order valence-electron chi connectivity index (χ4n) is 3.53. The van der Waals surface area contributed by atoms with Gasteiger partial charge in [-0.15, -0.1) is 0 Å². The Kier molecular flexibility index (Phi) is 3.21. The van der Waals surface area contributed by atoms with Crippen molar-refractivity contribution in [2.24, 2.45) is 0 Å². The number of rotatable bonds is 0. The van der Waals surface area contributed by atoms with Crippen molar-refractivity contribution in [2.45, 2.75) is 25.2 Å². The molecule has 1 saturated heterocycles. The first-order valence-corrected chi connectivity index (χ1v) is 7.34. The third kappa shape index (κ3) is 1.99. The van der Waals surface area contributed by atoms with E-state index in [2.05, 4.69) is 30.4 Å². The van der Waals surface area contributed by atoms with Gasteiger partial charge in [0.1, 0.15) is 0 Å². The van der Waals surface area contributed by atoms with Crippen LogP contribution in [0.5, 0.6) is 0 Å². The molecule has 2 amide bonds. The van der Waals surface area contributed by atoms with Gasteiger partial charge in [0.25, 0.3) is 0 Å². The fourth-order valence-corrected chi connectivity index (χ4v) is 3.53. The summed E-state index contributed by atoms with van der Waals surface area (Å²) >= 11 is 0. The highest BCUT2D eigenvalue weighted by atomic mass is 16.2. The van der Waals surface area contributed by atoms with E-state index in [4.69, 9.17) is 0 Å². The predicted octanol–water partition coefficient (Wildman–Crippen LogP) is 2.12. The Balaban J connectivity index is 2.06. The molecule has 1 aromatic rings. The highest BCUT2D eigenvalue weighted by Gasteiger charge is 2.45. The molecule has 108 valence electrons. The molecule has 4 nitrogen and oxygen atoms in total. The maximum Gasteiger partial charge on any atom is 0.323 e. The molecule has 4 heteroatoms. The summed E-state index contributed by atoms with van der Waals surface area (Å²) in [5.41, 5.74) is 3.91. The molecule has 2 heterocycles. The summed E-state index contributed by atoms with van der Waals surface area (Å²) in [5, 5.41) is 3.43. The molecule has 0 saturated carbocycles. The van der Waals surface area contributed by atoms with Crippen molar-refractivity contribution in [2.75, 3.05) is 38.6 Å². The third-order valence-corrected chi connectivity index (χ3v) is 4.65. The van der Waals surface area contributed by atoms with Crippen LogP contribution in [0.25, 0.3) is 0 Å². The van der Waals surface area contributed by atoms with Gasteiger partial charge in [0.05, 0.1) is 0 Å². The molecule has 0 atom stereocenters. The van der Waals surface area contributed by atoms with E-state index in [1.807, 2.05) is 19.0 Å². The number of piperidine rings is 1. The predicted molar refractivity (Wildman–Crippen MR) is 81.4 cm³/mol. The summed E-state index contributed by atoms with van der Waals surface area (Å²) in [6.07, 6.45) is 2.22. The van der Waals surface area contributed by atoms with Crippen LogP contribution in [-0.2, 0) is 5.41 Å². The topological polar surface area (TPSA) is 35.6 Å². The van der Waals surface area contributed by atoms with Crippen LogP contribution >= 0.6 is 0 Å². The normalized spacial score (nSPS) is 20.1. The van der Waals surface area contributed by atoms with Gasteiger partial charge in [0.2, 0.25) is 0 Å². The average Bonchev–Trinajstić information content (AvgIpc) is 2.73. The van der Waals surface area contributed by atoms with Crippen molar-refractivity contribution in [3.05, 3.63) is 29.3 Å². The summed E-state index contributed by atoms with van der Waals surface area (Å²) in [5.74, 6) is 0. The molecule has 0 unspecified atom stereocenters. The summed E-state index contributed by atoms with van der Waals surface area (Å²) < 4.78 is 0. The van der Waals surface area contributed by atoms with Crippen LogP contribution in [0.3, 0.4) is 0 Å². The van der Waals surface area contributed by atoms with Crippen molar-refractivity contribution >= 4 is 11.7 Å². The second-order valence-electron chi connectivity index (χ2n) is 6.31. The Morgan fingerprint density at radius 2 is 2.00 bits per heavy atom. The minimum absolute atomic E-state index is 0.0884. The van der Waals surface area contributed by atoms with Gasteiger partial charge in [-0.3, -0.25) is 4.90 Å². The SMILES string of the molecule is Cc1ccc2c(c1)C1(CCNCC1)CN2C(=O)N(C)C. The quantitative estimate of drug-likeness (QED) is 0.786. The van der Waals surface area contributed by atoms with Crippen molar-refractivity contribution in [3.63, 3.8) is 0 Å². The maximum atomic E-state index is 12.5. The minimum Gasteiger partial charge on any atom is -0.330 e. The number of carbonyl (C=O) groups excluding carboxylic acids is 1. The zero-order chi connectivity index (χ0) is 14.3. The number of benzene rings is 1. The number of nitrogens with one attached hydrogen (secondary N) is 1. The van der Waals surface area contributed by atoms with Crippen molar-refractivity contribution < 1.29 is 4.79 Å². The molecule has 1 aromatic carbocycles. The van der Waals surface area contributed by atoms with Crippen LogP contribution in [0, 0.1) is 6.92 Å². The molecule has 2 aliphatic heterocycles. The number of urea groups is 1. The number of nitrogens with zero attached hydrogens (tertiary/aromatic N) is 2. The first-order valence-electron chi connectivity index (χ1n) is 7.34. The van der Waals surface area contributed by atoms with E-state index in [1.165, 1.54) is 11.1 Å². The number of carbonyl (C=O) groups is 1. The molecule has 3 rings (SSSR count). The van der Waals surface area contributed by atoms with E-state index in [1.54, 1.807) is 4.90 Å². The Morgan fingerprint density at radius 3 is 2.65 bits per heavy atom. The van der Waals surface area contributed by atoms with Gasteiger partial charge in [-0.2, -0.15) is 0 Å². The summed E-state index contributed by atoms with van der Waals surface area (Å²) in [7, 11) is 3.65. The number of amides is 2. The van der Waals surface area contributed by atoms with E-state index in [0.29, 0.717) is 0 Å². The van der Waals surface area contributed by atoms with Gasteiger partial charge in [0, 0.05) is 31.7 Å². The van der Waals surface area contributed by atoms with Crippen LogP contribution in [-0.4, -0.2) is 44.7 Å². The van der Waals surface area contributed by atoms with E-state index in [0.717, 1.165) is 38.2 Å². The largest absolute Gasteiger partial charge is 0.330 e. The lowest BCUT2D eigenvalue weighted by Crippen LogP contribution is -2.46. The monoisotopic (exact) mass is 273 g/mol. The molecule has 0 radical (unpaired) electrons. The van der Waals surface area contributed by atoms with E-state index in [-0.39, 0.29) is 11.4 Å². The molecule has 0 aromatic heterocycles. The maximum absolute atomic E-state index is 12.5. The smallest absolute Gasteiger partial charge is 0.323 e. The average molecular weight is 273 g/mol. The number of hydrogen-bond acceptors (Lipinski definition) is 2. The lowest BCUT2D eigenvalue weighted by molar-refractivity contribution is 0.221. The number of hydrogen-bond donors (Lipinski definition) is 1. The minimum atomic E-state index is 0.0884. The summed E-state index contributed by atoms with van der Waals surface area (Å²) in [6, 6.07) is 6.59. The van der Waals surface area contributed by atoms with Gasteiger partial charge in [-0.1, -0.05) is 17.7 Å². The Morgan fingerprint density at radius 1 is 1.30 bits per heavy atom. The second-order valence-corrected chi connectivity index (χ2v) is 6.31. The van der Waals surface area contributed by atoms with Gasteiger partial charge < -0.3 is 10.2 Å². The lowest BCUT2D eigenvalue weighted by atomic mass is 9.74. The zero-order valence-corrected chi connectivity index (χ0v) is 12.6. The van der Waals surface area contributed by atoms with Crippen molar-refractivity contribution in [3.8, 4) is 0 Å². The van der Waals surface area contributed by atoms with Gasteiger partial charge in [-0.05, 0) is 44.5 Å². The molecule has 0 aliphatic carbocycles. The van der Waals surface area contributed by atoms with E-state index >= 15 is 0 Å². The molecule has 2 aliphatic rings. The number of aryl methyl sites for hydroxylation is 1. The Bertz CT molecular complexity index is 533. The summed E-state index contributed by atoms with van der Waals surface area (Å²) in [4.78, 5) is 16.1. The van der Waals surface area contributed by atoms with Crippen LogP contribution in [0.4, 0.5) is 10.5 Å². The highest BCUT2D eigenvalue weighted by Crippen LogP contribution is 2.46. The van der Waals surface area contributed by atoms with Crippen LogP contribution in [0.15, 0.2) is 18.2 Å². The van der Waals surface area contributed by atoms with Crippen molar-refractivity contribution in [1.29, 1.82) is 0 Å². The van der Waals surface area contributed by atoms with Crippen LogP contribution < -0.4 is 10.2 Å². The standard InChI is InChI=1S/C16H23N3O/c1-12-4-5-14-13(10-12)16(6-8-17-9-7-16)11-19(14)15(20)18(2)3/h4-5,10,17H,6-9,11H2,1-3H3. The molecule has 1 fully saturated rings. The van der Waals surface area contributed by atoms with E-state index < -0.39 is 0 Å². The number of anilines is 1. The molecular weight excluding hydrogens is 250 g/mol. The van der Waals surface area contributed by atoms with Gasteiger partial charge >= 0.3 is 6.03 Å². The Labute approximate surface area is 120 Å². The first-order chi connectivity index (χ1) is 9.53. The van der Waals surface area contributed by atoms with Gasteiger partial charge in [-0.25, -0.2) is 4.79 Å². The van der Waals surface area contributed by atoms with Crippen LogP contribution in [0.2, 0.25) is 0 Å². The number of fused-ring (bicyclic) bond motifs is 2. The first kappa shape index (κ1) is 13.4. The molecule has 20 heavy (non-hydrogen) atoms. The summed E-state index contributed by atoms with van der Waals surface area (Å²) in [6.45, 7) is 5.03. The fraction of sp³-hybridized carbons (Fsp3) is 0.562. The molecule has 1 spiro atoms. The lowest BCUT2D eigenvalue weighted by Gasteiger charge is -2.35. The Hall–Kier alpha value is -1.55. The second kappa shape index (κ2) is 4.77. The molecular formula is C16H23N3O. The highest BCUT2D eigenvalue weighted by molar-refractivity contribution is 5.95. The van der Waals surface area contributed by atoms with Crippen LogP contribution in [0.1, 0.15) is 24.0 Å². The third-order valence-electron chi connectivity index (χ3n) is 4.65. The molecule has 0 bridgehead atoms.